The van der Waals surface area contributed by atoms with Gasteiger partial charge in [0.25, 0.3) is 0 Å². The number of nitrogens with one attached hydrogen (secondary N) is 1. The number of hydrogen-bond donors (Lipinski definition) is 1. The second-order valence-corrected chi connectivity index (χ2v) is 9.20. The number of halogens is 2. The summed E-state index contributed by atoms with van der Waals surface area (Å²) in [7, 11) is 1.80. The SMILES string of the molecule is CCOC(=O)[C@@H]1CCCC[C@H]1N1CCN(C(=O)[C@@H](Cc2ccc(Cl)cc2Cl)NC)CC1. The summed E-state index contributed by atoms with van der Waals surface area (Å²) in [5.74, 6) is -0.0346. The van der Waals surface area contributed by atoms with E-state index in [9.17, 15) is 9.59 Å². The molecule has 1 aliphatic carbocycles. The van der Waals surface area contributed by atoms with Gasteiger partial charge in [0.2, 0.25) is 5.91 Å². The number of benzene rings is 1. The highest BCUT2D eigenvalue weighted by molar-refractivity contribution is 6.35. The third kappa shape index (κ3) is 6.13. The lowest BCUT2D eigenvalue weighted by Crippen LogP contribution is -2.58. The first kappa shape index (κ1) is 24.3. The lowest BCUT2D eigenvalue weighted by Gasteiger charge is -2.43. The van der Waals surface area contributed by atoms with Gasteiger partial charge in [0.05, 0.1) is 18.6 Å². The molecule has 2 aliphatic rings. The summed E-state index contributed by atoms with van der Waals surface area (Å²) in [6.07, 6.45) is 4.65. The summed E-state index contributed by atoms with van der Waals surface area (Å²) < 4.78 is 5.32. The first-order valence-electron chi connectivity index (χ1n) is 11.2. The smallest absolute Gasteiger partial charge is 0.310 e. The molecule has 1 aromatic rings. The highest BCUT2D eigenvalue weighted by Crippen LogP contribution is 2.30. The number of piperazine rings is 1. The summed E-state index contributed by atoms with van der Waals surface area (Å²) in [5.41, 5.74) is 0.900. The van der Waals surface area contributed by atoms with Gasteiger partial charge < -0.3 is 15.0 Å². The molecule has 0 unspecified atom stereocenters. The Morgan fingerprint density at radius 3 is 2.52 bits per heavy atom. The molecule has 0 spiro atoms. The van der Waals surface area contributed by atoms with Crippen molar-refractivity contribution in [2.75, 3.05) is 39.8 Å². The molecule has 1 amide bonds. The quantitative estimate of drug-likeness (QED) is 0.620. The lowest BCUT2D eigenvalue weighted by molar-refractivity contribution is -0.153. The first-order chi connectivity index (χ1) is 14.9. The van der Waals surface area contributed by atoms with Crippen LogP contribution in [0.2, 0.25) is 10.0 Å². The van der Waals surface area contributed by atoms with Crippen LogP contribution in [0.3, 0.4) is 0 Å². The molecule has 1 N–H and O–H groups in total. The number of carbonyl (C=O) groups excluding carboxylic acids is 2. The van der Waals surface area contributed by atoms with Gasteiger partial charge >= 0.3 is 5.97 Å². The van der Waals surface area contributed by atoms with Gasteiger partial charge in [-0.3, -0.25) is 14.5 Å². The molecule has 0 bridgehead atoms. The Bertz CT molecular complexity index is 768. The van der Waals surface area contributed by atoms with E-state index >= 15 is 0 Å². The molecule has 3 atom stereocenters. The van der Waals surface area contributed by atoms with Crippen molar-refractivity contribution >= 4 is 35.1 Å². The first-order valence-corrected chi connectivity index (χ1v) is 12.0. The Balaban J connectivity index is 1.58. The van der Waals surface area contributed by atoms with Crippen LogP contribution in [0.1, 0.15) is 38.2 Å². The maximum absolute atomic E-state index is 13.2. The van der Waals surface area contributed by atoms with Crippen molar-refractivity contribution < 1.29 is 14.3 Å². The number of likely N-dealkylation sites (N-methyl/N-ethyl adjacent to an activating group) is 1. The van der Waals surface area contributed by atoms with Gasteiger partial charge in [-0.1, -0.05) is 42.1 Å². The minimum atomic E-state index is -0.341. The van der Waals surface area contributed by atoms with Gasteiger partial charge in [0, 0.05) is 42.3 Å². The van der Waals surface area contributed by atoms with Crippen LogP contribution < -0.4 is 5.32 Å². The second kappa shape index (κ2) is 11.5. The molecule has 1 aromatic carbocycles. The number of hydrogen-bond acceptors (Lipinski definition) is 5. The molecule has 1 saturated carbocycles. The van der Waals surface area contributed by atoms with Crippen LogP contribution in [0.5, 0.6) is 0 Å². The fraction of sp³-hybridized carbons (Fsp3) is 0.652. The maximum atomic E-state index is 13.2. The van der Waals surface area contributed by atoms with Crippen LogP contribution in [-0.2, 0) is 20.7 Å². The Morgan fingerprint density at radius 1 is 1.16 bits per heavy atom. The number of ether oxygens (including phenoxy) is 1. The van der Waals surface area contributed by atoms with E-state index in [0.717, 1.165) is 44.3 Å². The largest absolute Gasteiger partial charge is 0.466 e. The molecule has 172 valence electrons. The minimum absolute atomic E-state index is 0.0481. The van der Waals surface area contributed by atoms with Crippen LogP contribution >= 0.6 is 23.2 Å². The molecule has 0 radical (unpaired) electrons. The van der Waals surface area contributed by atoms with Gasteiger partial charge in [-0.25, -0.2) is 0 Å². The molecule has 0 aromatic heterocycles. The zero-order chi connectivity index (χ0) is 22.4. The summed E-state index contributed by atoms with van der Waals surface area (Å²) in [4.78, 5) is 29.9. The Hall–Kier alpha value is -1.34. The summed E-state index contributed by atoms with van der Waals surface area (Å²) in [6, 6.07) is 5.26. The van der Waals surface area contributed by atoms with E-state index in [1.54, 1.807) is 19.2 Å². The molecule has 8 heteroatoms. The van der Waals surface area contributed by atoms with E-state index in [4.69, 9.17) is 27.9 Å². The van der Waals surface area contributed by atoms with Crippen molar-refractivity contribution in [3.63, 3.8) is 0 Å². The number of nitrogens with zero attached hydrogens (tertiary/aromatic N) is 2. The molecule has 31 heavy (non-hydrogen) atoms. The van der Waals surface area contributed by atoms with Crippen LogP contribution in [0.15, 0.2) is 18.2 Å². The van der Waals surface area contributed by atoms with Crippen molar-refractivity contribution in [1.29, 1.82) is 0 Å². The molecule has 2 fully saturated rings. The van der Waals surface area contributed by atoms with E-state index in [-0.39, 0.29) is 29.9 Å². The average molecular weight is 470 g/mol. The van der Waals surface area contributed by atoms with E-state index < -0.39 is 0 Å². The highest BCUT2D eigenvalue weighted by atomic mass is 35.5. The molecule has 1 aliphatic heterocycles. The fourth-order valence-electron chi connectivity index (χ4n) is 4.79. The standard InChI is InChI=1S/C23H33Cl2N3O3/c1-3-31-23(30)18-6-4-5-7-21(18)27-10-12-28(13-11-27)22(29)20(26-2)14-16-8-9-17(24)15-19(16)25/h8-9,15,18,20-21,26H,3-7,10-14H2,1-2H3/t18-,20-,21-/m1/s1. The van der Waals surface area contributed by atoms with E-state index in [2.05, 4.69) is 10.2 Å². The summed E-state index contributed by atoms with van der Waals surface area (Å²) in [6.45, 7) is 5.17. The van der Waals surface area contributed by atoms with Crippen LogP contribution in [0, 0.1) is 5.92 Å². The van der Waals surface area contributed by atoms with E-state index in [1.807, 2.05) is 17.9 Å². The molecular formula is C23H33Cl2N3O3. The van der Waals surface area contributed by atoms with Crippen molar-refractivity contribution in [3.05, 3.63) is 33.8 Å². The molecular weight excluding hydrogens is 437 g/mol. The predicted molar refractivity (Wildman–Crippen MR) is 124 cm³/mol. The predicted octanol–water partition coefficient (Wildman–Crippen LogP) is 3.39. The Labute approximate surface area is 195 Å². The van der Waals surface area contributed by atoms with Crippen molar-refractivity contribution in [3.8, 4) is 0 Å². The zero-order valence-corrected chi connectivity index (χ0v) is 19.9. The summed E-state index contributed by atoms with van der Waals surface area (Å²) >= 11 is 12.3. The van der Waals surface area contributed by atoms with E-state index in [1.165, 1.54) is 0 Å². The third-order valence-corrected chi connectivity index (χ3v) is 7.09. The average Bonchev–Trinajstić information content (AvgIpc) is 2.78. The number of rotatable bonds is 7. The van der Waals surface area contributed by atoms with Gasteiger partial charge in [-0.2, -0.15) is 0 Å². The number of amides is 1. The minimum Gasteiger partial charge on any atom is -0.466 e. The monoisotopic (exact) mass is 469 g/mol. The molecule has 1 saturated heterocycles. The van der Waals surface area contributed by atoms with Gasteiger partial charge in [-0.15, -0.1) is 0 Å². The van der Waals surface area contributed by atoms with Crippen LogP contribution in [-0.4, -0.2) is 73.6 Å². The van der Waals surface area contributed by atoms with E-state index in [0.29, 0.717) is 36.2 Å². The lowest BCUT2D eigenvalue weighted by atomic mass is 9.83. The second-order valence-electron chi connectivity index (χ2n) is 8.35. The van der Waals surface area contributed by atoms with Crippen molar-refractivity contribution in [2.45, 2.75) is 51.1 Å². The number of carbonyl (C=O) groups is 2. The summed E-state index contributed by atoms with van der Waals surface area (Å²) in [5, 5.41) is 4.30. The van der Waals surface area contributed by atoms with Gasteiger partial charge in [0.15, 0.2) is 0 Å². The topological polar surface area (TPSA) is 61.9 Å². The highest BCUT2D eigenvalue weighted by Gasteiger charge is 2.38. The zero-order valence-electron chi connectivity index (χ0n) is 18.4. The van der Waals surface area contributed by atoms with Gasteiger partial charge in [-0.05, 0) is 50.9 Å². The maximum Gasteiger partial charge on any atom is 0.310 e. The molecule has 6 nitrogen and oxygen atoms in total. The van der Waals surface area contributed by atoms with Crippen LogP contribution in [0.4, 0.5) is 0 Å². The molecule has 3 rings (SSSR count). The van der Waals surface area contributed by atoms with Crippen LogP contribution in [0.25, 0.3) is 0 Å². The molecule has 1 heterocycles. The fourth-order valence-corrected chi connectivity index (χ4v) is 5.27. The van der Waals surface area contributed by atoms with Crippen molar-refractivity contribution in [1.82, 2.24) is 15.1 Å². The normalized spacial score (nSPS) is 23.4. The van der Waals surface area contributed by atoms with Crippen molar-refractivity contribution in [2.24, 2.45) is 5.92 Å². The third-order valence-electron chi connectivity index (χ3n) is 6.50. The Kier molecular flexibility index (Phi) is 9.02. The Morgan fingerprint density at radius 2 is 1.87 bits per heavy atom. The number of esters is 1. The van der Waals surface area contributed by atoms with Gasteiger partial charge in [0.1, 0.15) is 0 Å².